The average Bonchev–Trinajstić information content (AvgIpc) is 3.21. The van der Waals surface area contributed by atoms with E-state index in [1.54, 1.807) is 48.0 Å². The Morgan fingerprint density at radius 2 is 1.77 bits per heavy atom. The molecule has 1 N–H and O–H groups in total. The van der Waals surface area contributed by atoms with Crippen LogP contribution in [0.2, 0.25) is 0 Å². The first kappa shape index (κ1) is 16.8. The third kappa shape index (κ3) is 3.24. The number of hydrogen-bond donors (Lipinski definition) is 1. The van der Waals surface area contributed by atoms with Crippen LogP contribution in [0.3, 0.4) is 0 Å². The Balaban J connectivity index is 1.66. The molecule has 0 aliphatic heterocycles. The average molecular weight is 381 g/mol. The summed E-state index contributed by atoms with van der Waals surface area (Å²) in [6.07, 6.45) is 3.30. The highest BCUT2D eigenvalue weighted by Crippen LogP contribution is 2.25. The van der Waals surface area contributed by atoms with E-state index in [0.717, 1.165) is 22.2 Å². The van der Waals surface area contributed by atoms with Gasteiger partial charge in [-0.05, 0) is 35.2 Å². The predicted octanol–water partition coefficient (Wildman–Crippen LogP) is 3.84. The Bertz CT molecular complexity index is 1150. The second-order valence-electron chi connectivity index (χ2n) is 5.68. The van der Waals surface area contributed by atoms with Gasteiger partial charge in [0.05, 0.1) is 11.2 Å². The van der Waals surface area contributed by atoms with E-state index >= 15 is 0 Å². The molecule has 7 heteroatoms. The van der Waals surface area contributed by atoms with Crippen LogP contribution < -0.4 is 4.72 Å². The van der Waals surface area contributed by atoms with Gasteiger partial charge in [-0.15, -0.1) is 0 Å². The van der Waals surface area contributed by atoms with Gasteiger partial charge < -0.3 is 0 Å². The van der Waals surface area contributed by atoms with Gasteiger partial charge in [-0.3, -0.25) is 9.97 Å². The number of rotatable bonds is 5. The molecule has 0 aliphatic carbocycles. The Kier molecular flexibility index (Phi) is 4.50. The number of benzene rings is 1. The van der Waals surface area contributed by atoms with Crippen molar-refractivity contribution >= 4 is 32.3 Å². The number of nitrogens with one attached hydrogen (secondary N) is 1. The van der Waals surface area contributed by atoms with Gasteiger partial charge in [0.1, 0.15) is 4.90 Å². The molecule has 0 unspecified atom stereocenters. The molecule has 0 saturated heterocycles. The summed E-state index contributed by atoms with van der Waals surface area (Å²) in [5.74, 6) is 0. The summed E-state index contributed by atoms with van der Waals surface area (Å²) in [5.41, 5.74) is 3.05. The molecule has 0 fully saturated rings. The molecule has 4 aromatic rings. The quantitative estimate of drug-likeness (QED) is 0.570. The van der Waals surface area contributed by atoms with Crippen LogP contribution in [0.4, 0.5) is 0 Å². The largest absolute Gasteiger partial charge is 0.256 e. The third-order valence-electron chi connectivity index (χ3n) is 4.02. The third-order valence-corrected chi connectivity index (χ3v) is 6.14. The molecule has 26 heavy (non-hydrogen) atoms. The minimum Gasteiger partial charge on any atom is -0.256 e. The molecule has 0 atom stereocenters. The molecule has 0 amide bonds. The first-order chi connectivity index (χ1) is 12.6. The lowest BCUT2D eigenvalue weighted by Gasteiger charge is -2.11. The van der Waals surface area contributed by atoms with Crippen LogP contribution in [0.1, 0.15) is 5.56 Å². The molecule has 3 heterocycles. The van der Waals surface area contributed by atoms with Crippen molar-refractivity contribution in [2.45, 2.75) is 11.4 Å². The van der Waals surface area contributed by atoms with Gasteiger partial charge in [-0.1, -0.05) is 24.3 Å². The maximum atomic E-state index is 12.8. The lowest BCUT2D eigenvalue weighted by Crippen LogP contribution is -2.24. The number of para-hydroxylation sites is 1. The molecule has 0 radical (unpaired) electrons. The van der Waals surface area contributed by atoms with E-state index in [2.05, 4.69) is 14.7 Å². The molecule has 0 saturated carbocycles. The number of sulfonamides is 1. The highest BCUT2D eigenvalue weighted by molar-refractivity contribution is 7.89. The number of nitrogens with zero attached hydrogens (tertiary/aromatic N) is 2. The maximum absolute atomic E-state index is 12.8. The summed E-state index contributed by atoms with van der Waals surface area (Å²) >= 11 is 1.58. The minimum atomic E-state index is -3.71. The zero-order chi connectivity index (χ0) is 18.0. The van der Waals surface area contributed by atoms with Crippen LogP contribution in [-0.4, -0.2) is 18.4 Å². The summed E-state index contributed by atoms with van der Waals surface area (Å²) in [6, 6.07) is 14.4. The van der Waals surface area contributed by atoms with E-state index < -0.39 is 10.0 Å². The van der Waals surface area contributed by atoms with Gasteiger partial charge in [-0.2, -0.15) is 11.3 Å². The molecule has 0 aliphatic rings. The Morgan fingerprint density at radius 3 is 2.62 bits per heavy atom. The van der Waals surface area contributed by atoms with Crippen molar-refractivity contribution in [2.24, 2.45) is 0 Å². The van der Waals surface area contributed by atoms with Gasteiger partial charge in [0.15, 0.2) is 0 Å². The zero-order valence-corrected chi connectivity index (χ0v) is 15.3. The molecule has 4 rings (SSSR count). The fourth-order valence-electron chi connectivity index (χ4n) is 2.78. The van der Waals surface area contributed by atoms with Crippen LogP contribution in [0.15, 0.2) is 76.6 Å². The SMILES string of the molecule is O=S(=O)(NCc1cccnc1-c1ccsc1)c1cccc2cccnc12. The van der Waals surface area contributed by atoms with E-state index in [1.165, 1.54) is 0 Å². The van der Waals surface area contributed by atoms with Gasteiger partial charge in [0.25, 0.3) is 0 Å². The highest BCUT2D eigenvalue weighted by Gasteiger charge is 2.18. The molecular weight excluding hydrogens is 366 g/mol. The van der Waals surface area contributed by atoms with Gasteiger partial charge >= 0.3 is 0 Å². The lowest BCUT2D eigenvalue weighted by molar-refractivity contribution is 0.582. The smallest absolute Gasteiger partial charge is 0.243 e. The van der Waals surface area contributed by atoms with Crippen LogP contribution in [-0.2, 0) is 16.6 Å². The van der Waals surface area contributed by atoms with Crippen LogP contribution in [0, 0.1) is 0 Å². The number of aromatic nitrogens is 2. The Morgan fingerprint density at radius 1 is 0.962 bits per heavy atom. The fourth-order valence-corrected chi connectivity index (χ4v) is 4.61. The monoisotopic (exact) mass is 381 g/mol. The normalized spacial score (nSPS) is 11.7. The first-order valence-corrected chi connectivity index (χ1v) is 10.4. The van der Waals surface area contributed by atoms with Crippen molar-refractivity contribution < 1.29 is 8.42 Å². The molecule has 5 nitrogen and oxygen atoms in total. The first-order valence-electron chi connectivity index (χ1n) is 7.95. The minimum absolute atomic E-state index is 0.157. The van der Waals surface area contributed by atoms with Crippen molar-refractivity contribution in [3.05, 3.63) is 77.2 Å². The van der Waals surface area contributed by atoms with Crippen molar-refractivity contribution in [2.75, 3.05) is 0 Å². The van der Waals surface area contributed by atoms with Crippen molar-refractivity contribution in [1.29, 1.82) is 0 Å². The lowest BCUT2D eigenvalue weighted by atomic mass is 10.1. The van der Waals surface area contributed by atoms with Crippen LogP contribution in [0.25, 0.3) is 22.2 Å². The van der Waals surface area contributed by atoms with Crippen molar-refractivity contribution in [3.63, 3.8) is 0 Å². The molecule has 0 spiro atoms. The molecule has 0 bridgehead atoms. The van der Waals surface area contributed by atoms with Crippen molar-refractivity contribution in [1.82, 2.24) is 14.7 Å². The standard InChI is InChI=1S/C19H15N3O2S2/c23-26(24,17-7-1-4-14-5-2-10-21-19(14)17)22-12-15-6-3-9-20-18(15)16-8-11-25-13-16/h1-11,13,22H,12H2. The summed E-state index contributed by atoms with van der Waals surface area (Å²) in [5, 5.41) is 4.75. The summed E-state index contributed by atoms with van der Waals surface area (Å²) in [7, 11) is -3.71. The zero-order valence-electron chi connectivity index (χ0n) is 13.7. The van der Waals surface area contributed by atoms with Gasteiger partial charge in [0.2, 0.25) is 10.0 Å². The molecule has 130 valence electrons. The highest BCUT2D eigenvalue weighted by atomic mass is 32.2. The van der Waals surface area contributed by atoms with Gasteiger partial charge in [0, 0.05) is 35.3 Å². The second-order valence-corrected chi connectivity index (χ2v) is 8.19. The van der Waals surface area contributed by atoms with E-state index in [4.69, 9.17) is 0 Å². The number of fused-ring (bicyclic) bond motifs is 1. The predicted molar refractivity (Wildman–Crippen MR) is 103 cm³/mol. The summed E-state index contributed by atoms with van der Waals surface area (Å²) in [6.45, 7) is 0.157. The van der Waals surface area contributed by atoms with Gasteiger partial charge in [-0.25, -0.2) is 13.1 Å². The van der Waals surface area contributed by atoms with E-state index in [-0.39, 0.29) is 11.4 Å². The van der Waals surface area contributed by atoms with E-state index in [0.29, 0.717) is 5.52 Å². The number of hydrogen-bond acceptors (Lipinski definition) is 5. The number of thiophene rings is 1. The Labute approximate surface area is 155 Å². The Hall–Kier alpha value is -2.61. The fraction of sp³-hybridized carbons (Fsp3) is 0.0526. The number of pyridine rings is 2. The van der Waals surface area contributed by atoms with Crippen LogP contribution >= 0.6 is 11.3 Å². The molecule has 3 aromatic heterocycles. The van der Waals surface area contributed by atoms with Crippen molar-refractivity contribution in [3.8, 4) is 11.3 Å². The topological polar surface area (TPSA) is 72.0 Å². The van der Waals surface area contributed by atoms with E-state index in [9.17, 15) is 8.42 Å². The summed E-state index contributed by atoms with van der Waals surface area (Å²) < 4.78 is 28.4. The van der Waals surface area contributed by atoms with Crippen LogP contribution in [0.5, 0.6) is 0 Å². The second kappa shape index (κ2) is 6.95. The molecule has 1 aromatic carbocycles. The molecular formula is C19H15N3O2S2. The summed E-state index contributed by atoms with van der Waals surface area (Å²) in [4.78, 5) is 8.81. The van der Waals surface area contributed by atoms with E-state index in [1.807, 2.05) is 35.0 Å². The maximum Gasteiger partial charge on any atom is 0.243 e.